The van der Waals surface area contributed by atoms with Gasteiger partial charge in [-0.2, -0.15) is 0 Å². The number of methoxy groups -OCH3 is 2. The summed E-state index contributed by atoms with van der Waals surface area (Å²) < 4.78 is 30.8. The van der Waals surface area contributed by atoms with E-state index in [0.29, 0.717) is 19.8 Å². The highest BCUT2D eigenvalue weighted by Gasteiger charge is 2.20. The molecule has 1 aromatic rings. The van der Waals surface area contributed by atoms with E-state index in [0.717, 1.165) is 42.1 Å². The summed E-state index contributed by atoms with van der Waals surface area (Å²) in [7, 11) is 3.36. The van der Waals surface area contributed by atoms with Gasteiger partial charge in [0.05, 0.1) is 19.8 Å². The topological polar surface area (TPSA) is 46.2 Å². The summed E-state index contributed by atoms with van der Waals surface area (Å²) >= 11 is 0. The molecule has 0 aliphatic rings. The van der Waals surface area contributed by atoms with Gasteiger partial charge in [-0.1, -0.05) is 194 Å². The SMILES string of the molecule is CCCCCCCCCCCCOc1cc(C(OC)OC)cc(OCCCCCCCCCCCC)c1OCCCCCCCCCCCC. The van der Waals surface area contributed by atoms with E-state index in [2.05, 4.69) is 20.8 Å². The Balaban J connectivity index is 2.73. The van der Waals surface area contributed by atoms with Gasteiger partial charge >= 0.3 is 0 Å². The third-order valence-corrected chi connectivity index (χ3v) is 10.00. The number of hydrogen-bond acceptors (Lipinski definition) is 5. The van der Waals surface area contributed by atoms with E-state index in [1.807, 2.05) is 12.1 Å². The molecule has 0 amide bonds. The molecule has 0 unspecified atom stereocenters. The number of hydrogen-bond donors (Lipinski definition) is 0. The maximum atomic E-state index is 6.51. The molecule has 0 radical (unpaired) electrons. The molecule has 0 spiro atoms. The van der Waals surface area contributed by atoms with Crippen molar-refractivity contribution in [3.8, 4) is 17.2 Å². The van der Waals surface area contributed by atoms with Crippen LogP contribution in [-0.2, 0) is 9.47 Å². The standard InChI is InChI=1S/C45H84O5/c1-6-9-12-15-18-21-24-27-30-33-36-48-42-39-41(45(46-4)47-5)40-43(49-37-34-31-28-25-22-19-16-13-10-7-2)44(42)50-38-35-32-29-26-23-20-17-14-11-8-3/h39-40,45H,6-38H2,1-5H3. The molecule has 0 saturated heterocycles. The van der Waals surface area contributed by atoms with Crippen molar-refractivity contribution in [2.24, 2.45) is 0 Å². The summed E-state index contributed by atoms with van der Waals surface area (Å²) in [6.45, 7) is 8.89. The van der Waals surface area contributed by atoms with Crippen LogP contribution >= 0.6 is 0 Å². The quantitative estimate of drug-likeness (QED) is 0.0504. The first kappa shape index (κ1) is 46.6. The van der Waals surface area contributed by atoms with E-state index in [9.17, 15) is 0 Å². The number of ether oxygens (including phenoxy) is 5. The maximum Gasteiger partial charge on any atom is 0.203 e. The lowest BCUT2D eigenvalue weighted by Crippen LogP contribution is -2.09. The van der Waals surface area contributed by atoms with Crippen molar-refractivity contribution in [2.75, 3.05) is 34.0 Å². The highest BCUT2D eigenvalue weighted by molar-refractivity contribution is 5.54. The molecule has 5 heteroatoms. The molecular formula is C45H84O5. The van der Waals surface area contributed by atoms with Crippen LogP contribution in [0.5, 0.6) is 17.2 Å². The Morgan fingerprint density at radius 3 is 0.900 bits per heavy atom. The van der Waals surface area contributed by atoms with Crippen LogP contribution in [0.2, 0.25) is 0 Å². The first-order chi connectivity index (χ1) is 24.7. The fourth-order valence-electron chi connectivity index (χ4n) is 6.77. The summed E-state index contributed by atoms with van der Waals surface area (Å²) in [6, 6.07) is 4.07. The van der Waals surface area contributed by atoms with Gasteiger partial charge in [-0.15, -0.1) is 0 Å². The van der Waals surface area contributed by atoms with Gasteiger partial charge in [0, 0.05) is 19.8 Å². The Morgan fingerprint density at radius 2 is 0.620 bits per heavy atom. The van der Waals surface area contributed by atoms with Gasteiger partial charge in [0.1, 0.15) is 0 Å². The van der Waals surface area contributed by atoms with Gasteiger partial charge in [-0.05, 0) is 31.4 Å². The monoisotopic (exact) mass is 705 g/mol. The van der Waals surface area contributed by atoms with Crippen LogP contribution in [0.15, 0.2) is 12.1 Å². The lowest BCUT2D eigenvalue weighted by Gasteiger charge is -2.21. The fourth-order valence-corrected chi connectivity index (χ4v) is 6.77. The number of unbranched alkanes of at least 4 members (excludes halogenated alkanes) is 27. The van der Waals surface area contributed by atoms with Gasteiger partial charge in [0.15, 0.2) is 17.8 Å². The van der Waals surface area contributed by atoms with E-state index in [-0.39, 0.29) is 0 Å². The zero-order valence-corrected chi connectivity index (χ0v) is 34.1. The minimum absolute atomic E-state index is 0.481. The molecule has 294 valence electrons. The van der Waals surface area contributed by atoms with Crippen LogP contribution in [0.25, 0.3) is 0 Å². The van der Waals surface area contributed by atoms with E-state index in [1.54, 1.807) is 14.2 Å². The Labute approximate surface area is 311 Å². The van der Waals surface area contributed by atoms with Crippen LogP contribution in [0.4, 0.5) is 0 Å². The van der Waals surface area contributed by atoms with Crippen molar-refractivity contribution in [1.82, 2.24) is 0 Å². The largest absolute Gasteiger partial charge is 0.490 e. The molecule has 0 aromatic heterocycles. The summed E-state index contributed by atoms with van der Waals surface area (Å²) in [5, 5.41) is 0. The Kier molecular flexibility index (Phi) is 33.5. The zero-order valence-electron chi connectivity index (χ0n) is 34.1. The van der Waals surface area contributed by atoms with Crippen LogP contribution < -0.4 is 14.2 Å². The van der Waals surface area contributed by atoms with E-state index >= 15 is 0 Å². The summed E-state index contributed by atoms with van der Waals surface area (Å²) in [5.41, 5.74) is 0.900. The highest BCUT2D eigenvalue weighted by Crippen LogP contribution is 2.41. The average molecular weight is 705 g/mol. The van der Waals surface area contributed by atoms with Crippen molar-refractivity contribution in [3.63, 3.8) is 0 Å². The lowest BCUT2D eigenvalue weighted by molar-refractivity contribution is -0.106. The van der Waals surface area contributed by atoms with Crippen LogP contribution in [0.1, 0.15) is 225 Å². The molecule has 50 heavy (non-hydrogen) atoms. The molecule has 0 bridgehead atoms. The molecule has 0 aliphatic heterocycles. The molecule has 0 saturated carbocycles. The van der Waals surface area contributed by atoms with Crippen LogP contribution in [0.3, 0.4) is 0 Å². The summed E-state index contributed by atoms with van der Waals surface area (Å²) in [6.07, 6.45) is 38.8. The summed E-state index contributed by atoms with van der Waals surface area (Å²) in [5.74, 6) is 2.25. The first-order valence-corrected chi connectivity index (χ1v) is 21.8. The normalized spacial score (nSPS) is 11.5. The summed E-state index contributed by atoms with van der Waals surface area (Å²) in [4.78, 5) is 0. The van der Waals surface area contributed by atoms with Gasteiger partial charge in [-0.3, -0.25) is 0 Å². The van der Waals surface area contributed by atoms with E-state index < -0.39 is 6.29 Å². The van der Waals surface area contributed by atoms with Crippen molar-refractivity contribution in [2.45, 2.75) is 220 Å². The molecule has 0 aliphatic carbocycles. The van der Waals surface area contributed by atoms with Gasteiger partial charge in [0.25, 0.3) is 0 Å². The Hall–Kier alpha value is -1.46. The minimum atomic E-state index is -0.481. The molecule has 1 rings (SSSR count). The molecule has 0 fully saturated rings. The van der Waals surface area contributed by atoms with Gasteiger partial charge < -0.3 is 23.7 Å². The van der Waals surface area contributed by atoms with Crippen molar-refractivity contribution in [1.29, 1.82) is 0 Å². The van der Waals surface area contributed by atoms with E-state index in [4.69, 9.17) is 23.7 Å². The molecule has 0 N–H and O–H groups in total. The maximum absolute atomic E-state index is 6.51. The first-order valence-electron chi connectivity index (χ1n) is 21.8. The lowest BCUT2D eigenvalue weighted by atomic mass is 10.1. The average Bonchev–Trinajstić information content (AvgIpc) is 3.13. The Morgan fingerprint density at radius 1 is 0.360 bits per heavy atom. The predicted molar refractivity (Wildman–Crippen MR) is 215 cm³/mol. The molecule has 1 aromatic carbocycles. The third-order valence-electron chi connectivity index (χ3n) is 10.00. The molecule has 5 nitrogen and oxygen atoms in total. The second kappa shape index (κ2) is 35.9. The highest BCUT2D eigenvalue weighted by atomic mass is 16.7. The molecular weight excluding hydrogens is 620 g/mol. The Bertz CT molecular complexity index is 792. The zero-order chi connectivity index (χ0) is 36.2. The smallest absolute Gasteiger partial charge is 0.203 e. The van der Waals surface area contributed by atoms with Crippen LogP contribution in [0, 0.1) is 0 Å². The van der Waals surface area contributed by atoms with Crippen molar-refractivity contribution in [3.05, 3.63) is 17.7 Å². The number of benzene rings is 1. The molecule has 0 atom stereocenters. The van der Waals surface area contributed by atoms with Gasteiger partial charge in [0.2, 0.25) is 5.75 Å². The second-order valence-corrected chi connectivity index (χ2v) is 14.7. The van der Waals surface area contributed by atoms with Crippen LogP contribution in [-0.4, -0.2) is 34.0 Å². The number of rotatable bonds is 39. The van der Waals surface area contributed by atoms with Crippen molar-refractivity contribution >= 4 is 0 Å². The predicted octanol–water partition coefficient (Wildman–Crippen LogP) is 14.9. The van der Waals surface area contributed by atoms with E-state index in [1.165, 1.54) is 173 Å². The molecule has 0 heterocycles. The minimum Gasteiger partial charge on any atom is -0.490 e. The second-order valence-electron chi connectivity index (χ2n) is 14.7. The third kappa shape index (κ3) is 25.5. The van der Waals surface area contributed by atoms with Gasteiger partial charge in [-0.25, -0.2) is 0 Å². The van der Waals surface area contributed by atoms with Crippen molar-refractivity contribution < 1.29 is 23.7 Å². The fraction of sp³-hybridized carbons (Fsp3) is 0.867.